The molecule has 1 rings (SSSR count). The molecule has 1 fully saturated rings. The van der Waals surface area contributed by atoms with E-state index in [9.17, 15) is 4.79 Å². The lowest BCUT2D eigenvalue weighted by Crippen LogP contribution is -2.45. The molecule has 15 heavy (non-hydrogen) atoms. The zero-order valence-electron chi connectivity index (χ0n) is 9.88. The molecule has 0 aliphatic heterocycles. The highest BCUT2D eigenvalue weighted by atomic mass is 16.4. The Morgan fingerprint density at radius 2 is 2.00 bits per heavy atom. The maximum Gasteiger partial charge on any atom is 0.323 e. The van der Waals surface area contributed by atoms with Crippen molar-refractivity contribution in [2.75, 3.05) is 0 Å². The highest BCUT2D eigenvalue weighted by molar-refractivity contribution is 5.77. The third-order valence-corrected chi connectivity index (χ3v) is 4.08. The van der Waals surface area contributed by atoms with Gasteiger partial charge in [-0.1, -0.05) is 26.2 Å². The largest absolute Gasteiger partial charge is 0.480 e. The minimum atomic E-state index is -1.05. The Morgan fingerprint density at radius 3 is 2.40 bits per heavy atom. The van der Waals surface area contributed by atoms with Crippen LogP contribution in [-0.4, -0.2) is 16.6 Å². The second kappa shape index (κ2) is 4.52. The van der Waals surface area contributed by atoms with Crippen LogP contribution in [0.5, 0.6) is 0 Å². The smallest absolute Gasteiger partial charge is 0.323 e. The standard InChI is InChI=1S/C12H23NO2/c1-3-12(6-4-5-7-12)9-8-11(2,13)10(14)15/h3-9,13H2,1-2H3,(H,14,15). The fraction of sp³-hybridized carbons (Fsp3) is 0.917. The fourth-order valence-electron chi connectivity index (χ4n) is 2.54. The topological polar surface area (TPSA) is 63.3 Å². The zero-order valence-corrected chi connectivity index (χ0v) is 9.88. The molecule has 0 saturated heterocycles. The molecule has 0 amide bonds. The molecule has 3 nitrogen and oxygen atoms in total. The normalized spacial score (nSPS) is 23.7. The molecule has 0 heterocycles. The number of aliphatic carboxylic acids is 1. The van der Waals surface area contributed by atoms with Crippen molar-refractivity contribution in [2.24, 2.45) is 11.1 Å². The summed E-state index contributed by atoms with van der Waals surface area (Å²) in [5.41, 5.74) is 5.09. The molecule has 0 aromatic heterocycles. The second-order valence-corrected chi connectivity index (χ2v) is 5.28. The monoisotopic (exact) mass is 213 g/mol. The van der Waals surface area contributed by atoms with Gasteiger partial charge in [0, 0.05) is 0 Å². The lowest BCUT2D eigenvalue weighted by molar-refractivity contribution is -0.143. The van der Waals surface area contributed by atoms with E-state index in [4.69, 9.17) is 10.8 Å². The van der Waals surface area contributed by atoms with Gasteiger partial charge in [0.05, 0.1) is 0 Å². The van der Waals surface area contributed by atoms with Gasteiger partial charge in [-0.15, -0.1) is 0 Å². The van der Waals surface area contributed by atoms with Crippen molar-refractivity contribution < 1.29 is 9.90 Å². The summed E-state index contributed by atoms with van der Waals surface area (Å²) in [7, 11) is 0. The van der Waals surface area contributed by atoms with Crippen LogP contribution in [0.25, 0.3) is 0 Å². The van der Waals surface area contributed by atoms with Crippen molar-refractivity contribution in [1.29, 1.82) is 0 Å². The summed E-state index contributed by atoms with van der Waals surface area (Å²) in [4.78, 5) is 10.9. The number of nitrogens with two attached hydrogens (primary N) is 1. The van der Waals surface area contributed by atoms with Crippen LogP contribution >= 0.6 is 0 Å². The van der Waals surface area contributed by atoms with Crippen LogP contribution in [0.2, 0.25) is 0 Å². The molecule has 1 saturated carbocycles. The predicted molar refractivity (Wildman–Crippen MR) is 60.7 cm³/mol. The molecule has 0 bridgehead atoms. The van der Waals surface area contributed by atoms with Crippen LogP contribution in [0.15, 0.2) is 0 Å². The molecular formula is C12H23NO2. The highest BCUT2D eigenvalue weighted by Crippen LogP contribution is 2.45. The third kappa shape index (κ3) is 2.94. The maximum absolute atomic E-state index is 10.9. The number of hydrogen-bond donors (Lipinski definition) is 2. The molecule has 0 aromatic rings. The Balaban J connectivity index is 2.51. The van der Waals surface area contributed by atoms with E-state index in [0.717, 1.165) is 12.8 Å². The van der Waals surface area contributed by atoms with E-state index in [0.29, 0.717) is 11.8 Å². The Labute approximate surface area is 92.0 Å². The van der Waals surface area contributed by atoms with Crippen LogP contribution in [0.1, 0.15) is 58.8 Å². The SMILES string of the molecule is CCC1(CCC(C)(N)C(=O)O)CCCC1. The van der Waals surface area contributed by atoms with Crippen molar-refractivity contribution in [3.8, 4) is 0 Å². The Bertz CT molecular complexity index is 230. The van der Waals surface area contributed by atoms with Crippen molar-refractivity contribution in [3.63, 3.8) is 0 Å². The first-order valence-corrected chi connectivity index (χ1v) is 5.94. The molecule has 0 aromatic carbocycles. The minimum absolute atomic E-state index is 0.385. The number of carbonyl (C=O) groups is 1. The number of hydrogen-bond acceptors (Lipinski definition) is 2. The molecule has 0 radical (unpaired) electrons. The predicted octanol–water partition coefficient (Wildman–Crippen LogP) is 2.54. The van der Waals surface area contributed by atoms with E-state index >= 15 is 0 Å². The average Bonchev–Trinajstić information content (AvgIpc) is 2.64. The minimum Gasteiger partial charge on any atom is -0.480 e. The van der Waals surface area contributed by atoms with Gasteiger partial charge in [-0.2, -0.15) is 0 Å². The average molecular weight is 213 g/mol. The van der Waals surface area contributed by atoms with Gasteiger partial charge < -0.3 is 10.8 Å². The van der Waals surface area contributed by atoms with Gasteiger partial charge in [0.1, 0.15) is 5.54 Å². The van der Waals surface area contributed by atoms with Crippen molar-refractivity contribution in [2.45, 2.75) is 64.3 Å². The number of rotatable bonds is 5. The van der Waals surface area contributed by atoms with Crippen LogP contribution in [0, 0.1) is 5.41 Å². The second-order valence-electron chi connectivity index (χ2n) is 5.28. The summed E-state index contributed by atoms with van der Waals surface area (Å²) in [6, 6.07) is 0. The van der Waals surface area contributed by atoms with Crippen LogP contribution in [0.4, 0.5) is 0 Å². The molecule has 3 heteroatoms. The summed E-state index contributed by atoms with van der Waals surface area (Å²) < 4.78 is 0. The van der Waals surface area contributed by atoms with Crippen molar-refractivity contribution >= 4 is 5.97 Å². The van der Waals surface area contributed by atoms with E-state index in [-0.39, 0.29) is 0 Å². The van der Waals surface area contributed by atoms with E-state index in [2.05, 4.69) is 6.92 Å². The quantitative estimate of drug-likeness (QED) is 0.737. The van der Waals surface area contributed by atoms with Crippen LogP contribution in [-0.2, 0) is 4.79 Å². The fourth-order valence-corrected chi connectivity index (χ4v) is 2.54. The van der Waals surface area contributed by atoms with Crippen molar-refractivity contribution in [1.82, 2.24) is 0 Å². The summed E-state index contributed by atoms with van der Waals surface area (Å²) in [6.07, 6.45) is 7.80. The van der Waals surface area contributed by atoms with E-state index < -0.39 is 11.5 Å². The van der Waals surface area contributed by atoms with Crippen molar-refractivity contribution in [3.05, 3.63) is 0 Å². The van der Waals surface area contributed by atoms with Crippen LogP contribution < -0.4 is 5.73 Å². The first-order valence-electron chi connectivity index (χ1n) is 5.94. The molecule has 1 aliphatic rings. The van der Waals surface area contributed by atoms with Gasteiger partial charge in [-0.3, -0.25) is 4.79 Å². The maximum atomic E-state index is 10.9. The summed E-state index contributed by atoms with van der Waals surface area (Å²) in [5.74, 6) is -0.883. The first-order chi connectivity index (χ1) is 6.92. The molecule has 1 unspecified atom stereocenters. The summed E-state index contributed by atoms with van der Waals surface area (Å²) in [5, 5.41) is 8.95. The number of carboxylic acid groups (broad SMARTS) is 1. The van der Waals surface area contributed by atoms with E-state index in [1.165, 1.54) is 25.7 Å². The van der Waals surface area contributed by atoms with E-state index in [1.54, 1.807) is 6.92 Å². The lowest BCUT2D eigenvalue weighted by atomic mass is 9.76. The Morgan fingerprint density at radius 1 is 1.47 bits per heavy atom. The van der Waals surface area contributed by atoms with Gasteiger partial charge >= 0.3 is 5.97 Å². The van der Waals surface area contributed by atoms with Gasteiger partial charge in [-0.25, -0.2) is 0 Å². The molecule has 0 spiro atoms. The Hall–Kier alpha value is -0.570. The molecular weight excluding hydrogens is 190 g/mol. The van der Waals surface area contributed by atoms with Gasteiger partial charge in [0.2, 0.25) is 0 Å². The molecule has 88 valence electrons. The zero-order chi connectivity index (χ0) is 11.5. The summed E-state index contributed by atoms with van der Waals surface area (Å²) in [6.45, 7) is 3.83. The van der Waals surface area contributed by atoms with Gasteiger partial charge in [-0.05, 0) is 38.0 Å². The lowest BCUT2D eigenvalue weighted by Gasteiger charge is -2.30. The molecule has 1 atom stereocenters. The van der Waals surface area contributed by atoms with Gasteiger partial charge in [0.15, 0.2) is 0 Å². The Kier molecular flexibility index (Phi) is 3.77. The number of carboxylic acids is 1. The molecule has 3 N–H and O–H groups in total. The third-order valence-electron chi connectivity index (χ3n) is 4.08. The van der Waals surface area contributed by atoms with Gasteiger partial charge in [0.25, 0.3) is 0 Å². The van der Waals surface area contributed by atoms with Crippen LogP contribution in [0.3, 0.4) is 0 Å². The first kappa shape index (κ1) is 12.5. The highest BCUT2D eigenvalue weighted by Gasteiger charge is 2.36. The summed E-state index contributed by atoms with van der Waals surface area (Å²) >= 11 is 0. The molecule has 1 aliphatic carbocycles. The van der Waals surface area contributed by atoms with E-state index in [1.807, 2.05) is 0 Å².